The minimum Gasteiger partial charge on any atom is -0.493 e. The number of benzene rings is 1. The molecule has 0 spiro atoms. The lowest BCUT2D eigenvalue weighted by molar-refractivity contribution is -0.131. The molecule has 2 aliphatic rings. The number of amides is 1. The highest BCUT2D eigenvalue weighted by molar-refractivity contribution is 5.99. The summed E-state index contributed by atoms with van der Waals surface area (Å²) in [6.07, 6.45) is 5.57. The van der Waals surface area contributed by atoms with Crippen molar-refractivity contribution in [3.05, 3.63) is 47.6 Å². The summed E-state index contributed by atoms with van der Waals surface area (Å²) >= 11 is 0. The highest BCUT2D eigenvalue weighted by Gasteiger charge is 2.33. The number of hydrogen-bond acceptors (Lipinski definition) is 5. The third-order valence-corrected chi connectivity index (χ3v) is 4.87. The summed E-state index contributed by atoms with van der Waals surface area (Å²) in [5, 5.41) is 3.35. The van der Waals surface area contributed by atoms with Gasteiger partial charge in [0.15, 0.2) is 11.5 Å². The summed E-state index contributed by atoms with van der Waals surface area (Å²) in [5.74, 6) is 2.24. The molecule has 2 aliphatic heterocycles. The highest BCUT2D eigenvalue weighted by Crippen LogP contribution is 2.36. The van der Waals surface area contributed by atoms with E-state index in [0.29, 0.717) is 30.2 Å². The minimum atomic E-state index is -0.0937. The number of rotatable bonds is 3. The third-order valence-electron chi connectivity index (χ3n) is 4.87. The lowest BCUT2D eigenvalue weighted by Crippen LogP contribution is -2.50. The maximum absolute atomic E-state index is 13.2. The van der Waals surface area contributed by atoms with Crippen molar-refractivity contribution in [3.63, 3.8) is 0 Å². The first-order valence-corrected chi connectivity index (χ1v) is 8.68. The van der Waals surface area contributed by atoms with Crippen molar-refractivity contribution >= 4 is 24.4 Å². The van der Waals surface area contributed by atoms with E-state index >= 15 is 0 Å². The molecule has 3 heterocycles. The van der Waals surface area contributed by atoms with Crippen LogP contribution in [0.5, 0.6) is 11.5 Å². The Hall–Kier alpha value is -2.51. The second-order valence-electron chi connectivity index (χ2n) is 6.45. The molecule has 0 saturated carbocycles. The number of para-hydroxylation sites is 1. The molecule has 8 heteroatoms. The van der Waals surface area contributed by atoms with Gasteiger partial charge in [0.05, 0.1) is 12.7 Å². The second kappa shape index (κ2) is 8.02. The number of methoxy groups -OCH3 is 1. The number of nitrogens with one attached hydrogen (secondary N) is 1. The first kappa shape index (κ1) is 19.3. The molecule has 7 nitrogen and oxygen atoms in total. The van der Waals surface area contributed by atoms with Crippen LogP contribution in [0.4, 0.5) is 0 Å². The largest absolute Gasteiger partial charge is 0.493 e. The number of carbonyl (C=O) groups is 1. The molecule has 1 aromatic heterocycles. The summed E-state index contributed by atoms with van der Waals surface area (Å²) in [6.45, 7) is 2.34. The molecule has 1 unspecified atom stereocenters. The zero-order chi connectivity index (χ0) is 18.1. The lowest BCUT2D eigenvalue weighted by atomic mass is 10.0. The van der Waals surface area contributed by atoms with Crippen molar-refractivity contribution in [2.45, 2.75) is 6.04 Å². The molecular weight excluding hydrogens is 368 g/mol. The Bertz CT molecular complexity index is 864. The lowest BCUT2D eigenvalue weighted by Gasteiger charge is -2.36. The van der Waals surface area contributed by atoms with Crippen molar-refractivity contribution in [3.8, 4) is 11.5 Å². The standard InChI is InChI=1S/C19H22N4O3.ClH/c1-22-8-7-21-18(22)15-11-20-6-9-23(15)19(24)14-10-13-4-3-5-16(25-2)17(13)26-12-14;/h3-5,7-8,10,15,20H,6,9,11-12H2,1-2H3;1H. The maximum atomic E-state index is 13.2. The Kier molecular flexibility index (Phi) is 5.72. The van der Waals surface area contributed by atoms with E-state index in [1.54, 1.807) is 13.3 Å². The summed E-state index contributed by atoms with van der Waals surface area (Å²) in [5.41, 5.74) is 1.51. The Morgan fingerprint density at radius 2 is 2.26 bits per heavy atom. The van der Waals surface area contributed by atoms with Gasteiger partial charge in [-0.2, -0.15) is 0 Å². The Labute approximate surface area is 164 Å². The van der Waals surface area contributed by atoms with Crippen LogP contribution in [0.2, 0.25) is 0 Å². The molecule has 2 aromatic rings. The van der Waals surface area contributed by atoms with Crippen LogP contribution in [0.3, 0.4) is 0 Å². The molecule has 1 fully saturated rings. The van der Waals surface area contributed by atoms with E-state index in [1.165, 1.54) is 0 Å². The zero-order valence-corrected chi connectivity index (χ0v) is 16.2. The fraction of sp³-hybridized carbons (Fsp3) is 0.368. The van der Waals surface area contributed by atoms with Crippen LogP contribution < -0.4 is 14.8 Å². The third kappa shape index (κ3) is 3.52. The van der Waals surface area contributed by atoms with Gasteiger partial charge in [-0.1, -0.05) is 12.1 Å². The molecule has 27 heavy (non-hydrogen) atoms. The summed E-state index contributed by atoms with van der Waals surface area (Å²) in [7, 11) is 3.56. The number of ether oxygens (including phenoxy) is 2. The Morgan fingerprint density at radius 3 is 3.00 bits per heavy atom. The molecule has 1 aromatic carbocycles. The van der Waals surface area contributed by atoms with Crippen molar-refractivity contribution in [2.75, 3.05) is 33.4 Å². The van der Waals surface area contributed by atoms with Gasteiger partial charge in [0.1, 0.15) is 18.5 Å². The molecule has 0 bridgehead atoms. The van der Waals surface area contributed by atoms with E-state index < -0.39 is 0 Å². The van der Waals surface area contributed by atoms with E-state index in [2.05, 4.69) is 10.3 Å². The molecule has 0 aliphatic carbocycles. The number of piperazine rings is 1. The Morgan fingerprint density at radius 1 is 1.41 bits per heavy atom. The summed E-state index contributed by atoms with van der Waals surface area (Å²) in [6, 6.07) is 5.58. The predicted molar refractivity (Wildman–Crippen MR) is 104 cm³/mol. The van der Waals surface area contributed by atoms with Crippen molar-refractivity contribution < 1.29 is 14.3 Å². The van der Waals surface area contributed by atoms with Crippen molar-refractivity contribution in [1.82, 2.24) is 19.8 Å². The minimum absolute atomic E-state index is 0. The molecular formula is C19H23ClN4O3. The van der Waals surface area contributed by atoms with E-state index in [9.17, 15) is 4.79 Å². The number of hydrogen-bond donors (Lipinski definition) is 1. The van der Waals surface area contributed by atoms with E-state index in [-0.39, 0.29) is 31.0 Å². The fourth-order valence-electron chi connectivity index (χ4n) is 3.53. The van der Waals surface area contributed by atoms with E-state index in [4.69, 9.17) is 9.47 Å². The number of aromatic nitrogens is 2. The topological polar surface area (TPSA) is 68.6 Å². The molecule has 1 amide bonds. The van der Waals surface area contributed by atoms with Gasteiger partial charge in [-0.15, -0.1) is 12.4 Å². The monoisotopic (exact) mass is 390 g/mol. The summed E-state index contributed by atoms with van der Waals surface area (Å²) in [4.78, 5) is 19.5. The molecule has 1 atom stereocenters. The highest BCUT2D eigenvalue weighted by atomic mass is 35.5. The number of nitrogens with zero attached hydrogens (tertiary/aromatic N) is 3. The number of carbonyl (C=O) groups excluding carboxylic acids is 1. The average molecular weight is 391 g/mol. The number of fused-ring (bicyclic) bond motifs is 1. The van der Waals surface area contributed by atoms with E-state index in [1.807, 2.05) is 47.0 Å². The van der Waals surface area contributed by atoms with Gasteiger partial charge >= 0.3 is 0 Å². The van der Waals surface area contributed by atoms with Crippen molar-refractivity contribution in [2.24, 2.45) is 7.05 Å². The van der Waals surface area contributed by atoms with Crippen LogP contribution in [0.25, 0.3) is 6.08 Å². The van der Waals surface area contributed by atoms with E-state index in [0.717, 1.165) is 17.9 Å². The number of halogens is 1. The van der Waals surface area contributed by atoms with Crippen LogP contribution in [-0.2, 0) is 11.8 Å². The van der Waals surface area contributed by atoms with Gasteiger partial charge in [0.25, 0.3) is 5.91 Å². The van der Waals surface area contributed by atoms with Gasteiger partial charge in [-0.05, 0) is 12.1 Å². The Balaban J connectivity index is 0.00000210. The van der Waals surface area contributed by atoms with Gasteiger partial charge in [-0.25, -0.2) is 4.98 Å². The smallest absolute Gasteiger partial charge is 0.253 e. The quantitative estimate of drug-likeness (QED) is 0.865. The second-order valence-corrected chi connectivity index (χ2v) is 6.45. The first-order valence-electron chi connectivity index (χ1n) is 8.68. The van der Waals surface area contributed by atoms with Crippen LogP contribution in [0.15, 0.2) is 36.2 Å². The van der Waals surface area contributed by atoms with Crippen LogP contribution in [-0.4, -0.2) is 53.7 Å². The number of imidazole rings is 1. The molecule has 1 N–H and O–H groups in total. The van der Waals surface area contributed by atoms with Crippen LogP contribution in [0, 0.1) is 0 Å². The SMILES string of the molecule is COc1cccc2c1OCC(C(=O)N1CCNCC1c1nccn1C)=C2.Cl. The normalized spacial score (nSPS) is 18.7. The molecule has 0 radical (unpaired) electrons. The maximum Gasteiger partial charge on any atom is 0.253 e. The van der Waals surface area contributed by atoms with Crippen LogP contribution in [0.1, 0.15) is 17.4 Å². The molecule has 4 rings (SSSR count). The van der Waals surface area contributed by atoms with Crippen molar-refractivity contribution in [1.29, 1.82) is 0 Å². The van der Waals surface area contributed by atoms with Gasteiger partial charge < -0.3 is 24.3 Å². The first-order chi connectivity index (χ1) is 12.7. The zero-order valence-electron chi connectivity index (χ0n) is 15.3. The average Bonchev–Trinajstić information content (AvgIpc) is 3.12. The molecule has 1 saturated heterocycles. The van der Waals surface area contributed by atoms with Gasteiger partial charge in [-0.3, -0.25) is 4.79 Å². The fourth-order valence-corrected chi connectivity index (χ4v) is 3.53. The predicted octanol–water partition coefficient (Wildman–Crippen LogP) is 1.80. The van der Waals surface area contributed by atoms with Gasteiger partial charge in [0, 0.05) is 44.6 Å². The number of aryl methyl sites for hydroxylation is 1. The summed E-state index contributed by atoms with van der Waals surface area (Å²) < 4.78 is 13.1. The molecule has 144 valence electrons. The van der Waals surface area contributed by atoms with Gasteiger partial charge in [0.2, 0.25) is 0 Å². The van der Waals surface area contributed by atoms with Crippen LogP contribution >= 0.6 is 12.4 Å².